The number of fused-ring (bicyclic) bond motifs is 2. The van der Waals surface area contributed by atoms with Gasteiger partial charge in [-0.1, -0.05) is 33.9 Å². The molecule has 4 atom stereocenters. The molecule has 0 heterocycles. The van der Waals surface area contributed by atoms with Gasteiger partial charge in [0, 0.05) is 16.6 Å². The first-order valence-electron chi connectivity index (χ1n) is 9.20. The van der Waals surface area contributed by atoms with Crippen LogP contribution in [0.3, 0.4) is 0 Å². The molecule has 2 aliphatic rings. The van der Waals surface area contributed by atoms with E-state index < -0.39 is 12.1 Å². The summed E-state index contributed by atoms with van der Waals surface area (Å²) >= 11 is 0. The monoisotopic (exact) mass is 366 g/mol. The van der Waals surface area contributed by atoms with Crippen LogP contribution in [0.15, 0.2) is 24.3 Å². The summed E-state index contributed by atoms with van der Waals surface area (Å²) in [5.41, 5.74) is 1.31. The van der Waals surface area contributed by atoms with Crippen LogP contribution in [0, 0.1) is 16.7 Å². The molecule has 26 heavy (non-hydrogen) atoms. The fourth-order valence-corrected chi connectivity index (χ4v) is 3.86. The topological polar surface area (TPSA) is 72.8 Å². The van der Waals surface area contributed by atoms with Crippen molar-refractivity contribution in [1.29, 1.82) is 0 Å². The minimum absolute atomic E-state index is 0.0334. The highest BCUT2D eigenvalue weighted by atomic mass is 16.5. The number of carbonyl (C=O) groups is 2. The zero-order valence-corrected chi connectivity index (χ0v) is 17.1. The first kappa shape index (κ1) is 22.4. The Labute approximate surface area is 157 Å². The van der Waals surface area contributed by atoms with Gasteiger partial charge >= 0.3 is 11.9 Å². The molecule has 0 aliphatic heterocycles. The maximum Gasteiger partial charge on any atom is 0.333 e. The Hall–Kier alpha value is -1.62. The molecule has 0 radical (unpaired) electrons. The van der Waals surface area contributed by atoms with E-state index in [0.717, 1.165) is 6.42 Å². The van der Waals surface area contributed by atoms with E-state index in [1.165, 1.54) is 12.8 Å². The number of ether oxygens (including phenoxy) is 2. The van der Waals surface area contributed by atoms with Crippen LogP contribution in [-0.4, -0.2) is 35.9 Å². The van der Waals surface area contributed by atoms with Crippen LogP contribution >= 0.6 is 0 Å². The van der Waals surface area contributed by atoms with Crippen LogP contribution in [0.1, 0.15) is 60.8 Å². The minimum atomic E-state index is -0.608. The van der Waals surface area contributed by atoms with Crippen LogP contribution in [0.5, 0.6) is 0 Å². The normalized spacial score (nSPS) is 29.2. The second kappa shape index (κ2) is 8.38. The fourth-order valence-electron chi connectivity index (χ4n) is 3.86. The van der Waals surface area contributed by atoms with Crippen molar-refractivity contribution >= 4 is 11.9 Å². The summed E-state index contributed by atoms with van der Waals surface area (Å²) in [7, 11) is 0. The van der Waals surface area contributed by atoms with E-state index in [0.29, 0.717) is 22.5 Å². The Bertz CT molecular complexity index is 575. The third-order valence-corrected chi connectivity index (χ3v) is 6.12. The number of rotatable bonds is 5. The van der Waals surface area contributed by atoms with Crippen LogP contribution in [0.2, 0.25) is 0 Å². The van der Waals surface area contributed by atoms with E-state index in [9.17, 15) is 9.59 Å². The van der Waals surface area contributed by atoms with Gasteiger partial charge in [0.2, 0.25) is 0 Å². The molecule has 2 saturated carbocycles. The van der Waals surface area contributed by atoms with Gasteiger partial charge in [0.25, 0.3) is 0 Å². The van der Waals surface area contributed by atoms with Crippen molar-refractivity contribution in [2.45, 2.75) is 73.0 Å². The molecule has 5 heteroatoms. The molecule has 1 N–H and O–H groups in total. The Kier molecular flexibility index (Phi) is 7.23. The molecule has 2 bridgehead atoms. The standard InChI is InChI=1S/C14H22O2.C7H12O3/c1-9(2)12(15)16-11-8-10-6-7-14(11,5)13(10,3)4;1-5(2)7(9)10-4-6(3)8/h10-11H,1,6-8H2,2-5H3;6,8H,1,4H2,2-3H3/t10-,11?,14+;/m1./s1. The molecule has 0 aromatic rings. The minimum Gasteiger partial charge on any atom is -0.460 e. The SMILES string of the molecule is C=C(C)C(=O)OC1C[C@H]2CC[C@]1(C)C2(C)C.C=C(C)C(=O)OCC(C)O. The lowest BCUT2D eigenvalue weighted by Crippen LogP contribution is -2.38. The molecule has 0 saturated heterocycles. The van der Waals surface area contributed by atoms with E-state index in [2.05, 4.69) is 38.7 Å². The zero-order valence-electron chi connectivity index (χ0n) is 17.1. The van der Waals surface area contributed by atoms with Gasteiger partial charge in [0.1, 0.15) is 12.7 Å². The molecule has 2 aliphatic carbocycles. The second-order valence-corrected chi connectivity index (χ2v) is 8.51. The van der Waals surface area contributed by atoms with Crippen molar-refractivity contribution in [3.05, 3.63) is 24.3 Å². The molecular weight excluding hydrogens is 332 g/mol. The lowest BCUT2D eigenvalue weighted by molar-refractivity contribution is -0.152. The average Bonchev–Trinajstić information content (AvgIpc) is 2.86. The van der Waals surface area contributed by atoms with Gasteiger partial charge in [0.05, 0.1) is 6.10 Å². The van der Waals surface area contributed by atoms with E-state index in [1.54, 1.807) is 20.8 Å². The quantitative estimate of drug-likeness (QED) is 0.592. The first-order chi connectivity index (χ1) is 11.8. The predicted octanol–water partition coefficient (Wildman–Crippen LogP) is 3.81. The summed E-state index contributed by atoms with van der Waals surface area (Å²) in [6, 6.07) is 0. The average molecular weight is 366 g/mol. The number of carbonyl (C=O) groups excluding carboxylic acids is 2. The van der Waals surface area contributed by atoms with Crippen molar-refractivity contribution in [2.75, 3.05) is 6.61 Å². The fraction of sp³-hybridized carbons (Fsp3) is 0.714. The maximum atomic E-state index is 11.6. The van der Waals surface area contributed by atoms with Crippen molar-refractivity contribution < 1.29 is 24.2 Å². The summed E-state index contributed by atoms with van der Waals surface area (Å²) in [6.45, 7) is 18.8. The van der Waals surface area contributed by atoms with Gasteiger partial charge < -0.3 is 14.6 Å². The lowest BCUT2D eigenvalue weighted by Gasteiger charge is -2.38. The smallest absolute Gasteiger partial charge is 0.333 e. The Morgan fingerprint density at radius 1 is 1.15 bits per heavy atom. The molecule has 5 nitrogen and oxygen atoms in total. The molecule has 2 rings (SSSR count). The van der Waals surface area contributed by atoms with Gasteiger partial charge in [-0.2, -0.15) is 0 Å². The summed E-state index contributed by atoms with van der Waals surface area (Å²) in [5.74, 6) is 0.0240. The highest BCUT2D eigenvalue weighted by molar-refractivity contribution is 5.87. The number of aliphatic hydroxyl groups is 1. The third-order valence-electron chi connectivity index (χ3n) is 6.12. The summed E-state index contributed by atoms with van der Waals surface area (Å²) in [5, 5.41) is 8.68. The van der Waals surface area contributed by atoms with Gasteiger partial charge in [0.15, 0.2) is 0 Å². The van der Waals surface area contributed by atoms with E-state index in [1.807, 2.05) is 0 Å². The molecule has 148 valence electrons. The predicted molar refractivity (Wildman–Crippen MR) is 101 cm³/mol. The maximum absolute atomic E-state index is 11.6. The molecule has 0 aromatic carbocycles. The van der Waals surface area contributed by atoms with Crippen LogP contribution in [-0.2, 0) is 19.1 Å². The van der Waals surface area contributed by atoms with Crippen LogP contribution in [0.4, 0.5) is 0 Å². The molecule has 0 spiro atoms. The van der Waals surface area contributed by atoms with Crippen molar-refractivity contribution in [2.24, 2.45) is 16.7 Å². The highest BCUT2D eigenvalue weighted by Gasteiger charge is 2.62. The third kappa shape index (κ3) is 4.76. The largest absolute Gasteiger partial charge is 0.460 e. The van der Waals surface area contributed by atoms with Crippen LogP contribution in [0.25, 0.3) is 0 Å². The van der Waals surface area contributed by atoms with Crippen LogP contribution < -0.4 is 0 Å². The van der Waals surface area contributed by atoms with E-state index >= 15 is 0 Å². The molecule has 2 unspecified atom stereocenters. The number of hydrogen-bond donors (Lipinski definition) is 1. The van der Waals surface area contributed by atoms with Gasteiger partial charge in [-0.15, -0.1) is 0 Å². The first-order valence-corrected chi connectivity index (χ1v) is 9.20. The Morgan fingerprint density at radius 3 is 2.04 bits per heavy atom. The second-order valence-electron chi connectivity index (χ2n) is 8.51. The Balaban J connectivity index is 0.000000294. The lowest BCUT2D eigenvalue weighted by atomic mass is 9.70. The number of hydrogen-bond acceptors (Lipinski definition) is 5. The van der Waals surface area contributed by atoms with Crippen molar-refractivity contribution in [3.8, 4) is 0 Å². The summed E-state index contributed by atoms with van der Waals surface area (Å²) in [4.78, 5) is 22.2. The zero-order chi connectivity index (χ0) is 20.3. The molecule has 0 amide bonds. The summed E-state index contributed by atoms with van der Waals surface area (Å²) < 4.78 is 10.2. The van der Waals surface area contributed by atoms with Crippen molar-refractivity contribution in [1.82, 2.24) is 0 Å². The summed E-state index contributed by atoms with van der Waals surface area (Å²) in [6.07, 6.45) is 2.97. The highest BCUT2D eigenvalue weighted by Crippen LogP contribution is 2.66. The molecule has 2 fully saturated rings. The van der Waals surface area contributed by atoms with Gasteiger partial charge in [-0.3, -0.25) is 0 Å². The van der Waals surface area contributed by atoms with E-state index in [-0.39, 0.29) is 24.1 Å². The molecular formula is C21H34O5. The molecule has 0 aromatic heterocycles. The van der Waals surface area contributed by atoms with Gasteiger partial charge in [-0.05, 0) is 51.4 Å². The number of aliphatic hydroxyl groups excluding tert-OH is 1. The Morgan fingerprint density at radius 2 is 1.69 bits per heavy atom. The number of esters is 2. The van der Waals surface area contributed by atoms with Gasteiger partial charge in [-0.25, -0.2) is 9.59 Å². The van der Waals surface area contributed by atoms with Crippen molar-refractivity contribution in [3.63, 3.8) is 0 Å². The van der Waals surface area contributed by atoms with E-state index in [4.69, 9.17) is 9.84 Å².